The number of rotatable bonds is 15. The zero-order valence-corrected chi connectivity index (χ0v) is 20.4. The highest BCUT2D eigenvalue weighted by Crippen LogP contribution is 2.19. The highest BCUT2D eigenvalue weighted by atomic mass is 35.5. The predicted molar refractivity (Wildman–Crippen MR) is 131 cm³/mol. The number of ketones is 1. The maximum atomic E-state index is 12.1. The van der Waals surface area contributed by atoms with E-state index in [1.807, 2.05) is 6.08 Å². The molecule has 1 N–H and O–H groups in total. The summed E-state index contributed by atoms with van der Waals surface area (Å²) in [6, 6.07) is -0.328. The van der Waals surface area contributed by atoms with Crippen LogP contribution >= 0.6 is 11.6 Å². The van der Waals surface area contributed by atoms with Gasteiger partial charge in [-0.2, -0.15) is 0 Å². The average molecular weight is 475 g/mol. The predicted octanol–water partition coefficient (Wildman–Crippen LogP) is 4.44. The van der Waals surface area contributed by atoms with Crippen molar-refractivity contribution in [2.24, 2.45) is 5.92 Å². The topological polar surface area (TPSA) is 83.6 Å². The van der Waals surface area contributed by atoms with Gasteiger partial charge < -0.3 is 5.32 Å². The van der Waals surface area contributed by atoms with Crippen molar-refractivity contribution in [1.82, 2.24) is 10.2 Å². The average Bonchev–Trinajstić information content (AvgIpc) is 3.11. The maximum absolute atomic E-state index is 12.1. The van der Waals surface area contributed by atoms with Gasteiger partial charge in [-0.1, -0.05) is 42.3 Å². The highest BCUT2D eigenvalue weighted by molar-refractivity contribution is 6.25. The SMILES string of the molecule is C#CCCCC(=CCl)CCC(C)C=CCCC(=O)NCCC(=O)CC(=O)N1C(=O)C=C[C@@H]1C. The summed E-state index contributed by atoms with van der Waals surface area (Å²) in [5, 5.41) is 2.70. The molecule has 0 saturated carbocycles. The summed E-state index contributed by atoms with van der Waals surface area (Å²) in [5.74, 6) is 1.67. The number of terminal acetylenes is 1. The highest BCUT2D eigenvalue weighted by Gasteiger charge is 2.29. The Balaban J connectivity index is 2.17. The minimum absolute atomic E-state index is 0.0615. The Labute approximate surface area is 202 Å². The third kappa shape index (κ3) is 11.7. The van der Waals surface area contributed by atoms with E-state index >= 15 is 0 Å². The molecular weight excluding hydrogens is 440 g/mol. The number of hydrogen-bond donors (Lipinski definition) is 1. The number of allylic oxidation sites excluding steroid dienone is 3. The van der Waals surface area contributed by atoms with E-state index in [2.05, 4.69) is 24.2 Å². The lowest BCUT2D eigenvalue weighted by molar-refractivity contribution is -0.143. The van der Waals surface area contributed by atoms with Gasteiger partial charge in [-0.25, -0.2) is 0 Å². The van der Waals surface area contributed by atoms with Crippen LogP contribution in [-0.4, -0.2) is 41.0 Å². The molecule has 1 aliphatic heterocycles. The first-order valence-corrected chi connectivity index (χ1v) is 11.9. The summed E-state index contributed by atoms with van der Waals surface area (Å²) in [7, 11) is 0. The number of nitrogens with one attached hydrogen (secondary N) is 1. The standard InChI is InChI=1S/C26H35ClN2O4/c1-4-5-6-10-22(19-27)14-12-20(2)9-7-8-11-24(31)28-17-16-23(30)18-26(33)29-21(3)13-15-25(29)32/h1,7,9,13,15,19-21H,5-6,8,10-12,14,16-18H2,2-3H3,(H,28,31)/t20?,21-/m0/s1. The van der Waals surface area contributed by atoms with Crippen molar-refractivity contribution in [3.8, 4) is 12.3 Å². The number of amides is 3. The maximum Gasteiger partial charge on any atom is 0.253 e. The summed E-state index contributed by atoms with van der Waals surface area (Å²) in [4.78, 5) is 48.7. The zero-order chi connectivity index (χ0) is 24.6. The summed E-state index contributed by atoms with van der Waals surface area (Å²) in [6.45, 7) is 4.03. The Morgan fingerprint density at radius 1 is 1.27 bits per heavy atom. The Morgan fingerprint density at radius 2 is 2.03 bits per heavy atom. The van der Waals surface area contributed by atoms with Gasteiger partial charge in [0.15, 0.2) is 0 Å². The summed E-state index contributed by atoms with van der Waals surface area (Å²) in [6.07, 6.45) is 17.5. The fourth-order valence-electron chi connectivity index (χ4n) is 3.41. The van der Waals surface area contributed by atoms with E-state index in [-0.39, 0.29) is 37.1 Å². The van der Waals surface area contributed by atoms with Crippen LogP contribution in [0.5, 0.6) is 0 Å². The lowest BCUT2D eigenvalue weighted by atomic mass is 9.98. The minimum atomic E-state index is -0.505. The molecule has 0 aliphatic carbocycles. The second kappa shape index (κ2) is 16.0. The third-order valence-electron chi connectivity index (χ3n) is 5.40. The van der Waals surface area contributed by atoms with E-state index in [0.29, 0.717) is 18.8 Å². The van der Waals surface area contributed by atoms with Crippen LogP contribution in [-0.2, 0) is 19.2 Å². The van der Waals surface area contributed by atoms with Crippen molar-refractivity contribution >= 4 is 35.1 Å². The molecule has 7 heteroatoms. The first-order valence-electron chi connectivity index (χ1n) is 11.5. The van der Waals surface area contributed by atoms with Crippen molar-refractivity contribution in [1.29, 1.82) is 0 Å². The first-order chi connectivity index (χ1) is 15.8. The number of carbonyl (C=O) groups is 4. The number of halogens is 1. The van der Waals surface area contributed by atoms with E-state index in [4.69, 9.17) is 18.0 Å². The smallest absolute Gasteiger partial charge is 0.253 e. The quantitative estimate of drug-likeness (QED) is 0.164. The van der Waals surface area contributed by atoms with E-state index in [9.17, 15) is 19.2 Å². The molecule has 180 valence electrons. The number of Topliss-reactive ketones (excluding diaryl/α,β-unsaturated/α-hetero) is 1. The van der Waals surface area contributed by atoms with Crippen LogP contribution in [0.15, 0.2) is 35.4 Å². The van der Waals surface area contributed by atoms with Gasteiger partial charge in [-0.15, -0.1) is 12.3 Å². The van der Waals surface area contributed by atoms with E-state index in [1.165, 1.54) is 11.6 Å². The van der Waals surface area contributed by atoms with Crippen LogP contribution in [0.2, 0.25) is 0 Å². The Kier molecular flexibility index (Phi) is 13.8. The number of unbranched alkanes of at least 4 members (excludes halogenated alkanes) is 1. The molecule has 0 aromatic heterocycles. The first kappa shape index (κ1) is 28.4. The van der Waals surface area contributed by atoms with Crippen LogP contribution in [0.1, 0.15) is 71.6 Å². The van der Waals surface area contributed by atoms with Gasteiger partial charge in [0.05, 0.1) is 12.5 Å². The molecule has 0 spiro atoms. The number of nitrogens with zero attached hydrogens (tertiary/aromatic N) is 1. The molecule has 0 aromatic carbocycles. The Hall–Kier alpha value is -2.65. The van der Waals surface area contributed by atoms with E-state index < -0.39 is 11.8 Å². The molecule has 0 fully saturated rings. The summed E-state index contributed by atoms with van der Waals surface area (Å²) < 4.78 is 0. The molecule has 6 nitrogen and oxygen atoms in total. The van der Waals surface area contributed by atoms with Crippen LogP contribution in [0.4, 0.5) is 0 Å². The number of hydrogen-bond acceptors (Lipinski definition) is 4. The monoisotopic (exact) mass is 474 g/mol. The number of carbonyl (C=O) groups excluding carboxylic acids is 4. The van der Waals surface area contributed by atoms with E-state index in [1.54, 1.807) is 18.5 Å². The lowest BCUT2D eigenvalue weighted by Crippen LogP contribution is -2.39. The molecule has 0 radical (unpaired) electrons. The molecule has 1 unspecified atom stereocenters. The molecule has 1 rings (SSSR count). The van der Waals surface area contributed by atoms with Crippen LogP contribution in [0, 0.1) is 18.3 Å². The minimum Gasteiger partial charge on any atom is -0.356 e. The third-order valence-corrected chi connectivity index (χ3v) is 5.71. The summed E-state index contributed by atoms with van der Waals surface area (Å²) >= 11 is 5.89. The molecule has 1 aliphatic rings. The van der Waals surface area contributed by atoms with Gasteiger partial charge in [-0.3, -0.25) is 24.1 Å². The van der Waals surface area contributed by atoms with Gasteiger partial charge in [0.25, 0.3) is 5.91 Å². The van der Waals surface area contributed by atoms with Gasteiger partial charge in [0.1, 0.15) is 5.78 Å². The number of imide groups is 1. The fourth-order valence-corrected chi connectivity index (χ4v) is 3.63. The molecule has 0 saturated heterocycles. The normalized spacial score (nSPS) is 16.8. The molecule has 0 bridgehead atoms. The largest absolute Gasteiger partial charge is 0.356 e. The molecule has 0 aromatic rings. The summed E-state index contributed by atoms with van der Waals surface area (Å²) in [5.41, 5.74) is 2.86. The molecule has 3 amide bonds. The molecule has 33 heavy (non-hydrogen) atoms. The van der Waals surface area contributed by atoms with Crippen molar-refractivity contribution in [2.75, 3.05) is 6.54 Å². The van der Waals surface area contributed by atoms with Crippen molar-refractivity contribution in [3.05, 3.63) is 35.4 Å². The molecule has 2 atom stereocenters. The van der Waals surface area contributed by atoms with Gasteiger partial charge >= 0.3 is 0 Å². The Bertz CT molecular complexity index is 823. The fraction of sp³-hybridized carbons (Fsp3) is 0.538. The second-order valence-electron chi connectivity index (χ2n) is 8.32. The van der Waals surface area contributed by atoms with Gasteiger partial charge in [-0.05, 0) is 44.9 Å². The Morgan fingerprint density at radius 3 is 2.67 bits per heavy atom. The van der Waals surface area contributed by atoms with Crippen molar-refractivity contribution in [2.45, 2.75) is 77.7 Å². The van der Waals surface area contributed by atoms with Gasteiger partial charge in [0.2, 0.25) is 11.8 Å². The van der Waals surface area contributed by atoms with Crippen molar-refractivity contribution < 1.29 is 19.2 Å². The second-order valence-corrected chi connectivity index (χ2v) is 8.54. The van der Waals surface area contributed by atoms with E-state index in [0.717, 1.165) is 37.0 Å². The van der Waals surface area contributed by atoms with Crippen molar-refractivity contribution in [3.63, 3.8) is 0 Å². The zero-order valence-electron chi connectivity index (χ0n) is 19.6. The lowest BCUT2D eigenvalue weighted by Gasteiger charge is -2.18. The molecular formula is C26H35ClN2O4. The molecule has 1 heterocycles. The van der Waals surface area contributed by atoms with Crippen LogP contribution in [0.3, 0.4) is 0 Å². The van der Waals surface area contributed by atoms with Gasteiger partial charge in [0, 0.05) is 37.4 Å². The van der Waals surface area contributed by atoms with Crippen LogP contribution < -0.4 is 5.32 Å². The van der Waals surface area contributed by atoms with Crippen LogP contribution in [0.25, 0.3) is 0 Å².